The Labute approximate surface area is 101 Å². The molecule has 0 spiro atoms. The van der Waals surface area contributed by atoms with E-state index in [4.69, 9.17) is 0 Å². The molecule has 0 radical (unpaired) electrons. The molecule has 3 aliphatic rings. The molecule has 2 atom stereocenters. The first-order chi connectivity index (χ1) is 7.39. The molecule has 0 saturated carbocycles. The number of hydrogen-bond acceptors (Lipinski definition) is 2. The van der Waals surface area contributed by atoms with Gasteiger partial charge in [-0.1, -0.05) is 6.42 Å². The molecular weight excluding hydrogens is 196 g/mol. The Morgan fingerprint density at radius 3 is 2.19 bits per heavy atom. The summed E-state index contributed by atoms with van der Waals surface area (Å²) in [5, 5.41) is 0. The Kier molecular flexibility index (Phi) is 3.33. The van der Waals surface area contributed by atoms with Crippen LogP contribution in [0.25, 0.3) is 0 Å². The van der Waals surface area contributed by atoms with Crippen LogP contribution in [0, 0.1) is 0 Å². The van der Waals surface area contributed by atoms with Crippen molar-refractivity contribution in [2.75, 3.05) is 13.1 Å². The van der Waals surface area contributed by atoms with Crippen molar-refractivity contribution >= 4 is 0 Å². The molecule has 0 amide bonds. The summed E-state index contributed by atoms with van der Waals surface area (Å²) in [6, 6.07) is 2.31. The third-order valence-electron chi connectivity index (χ3n) is 4.34. The number of rotatable bonds is 1. The molecule has 2 nitrogen and oxygen atoms in total. The standard InChI is InChI=1S/C14H28N2/c1-11(2)15-9-13-8-6-7-12(15)10-16(13)14(3,4)5/h11-13H,6-10H2,1-5H3. The van der Waals surface area contributed by atoms with E-state index in [1.807, 2.05) is 0 Å². The van der Waals surface area contributed by atoms with Gasteiger partial charge in [0.25, 0.3) is 0 Å². The normalized spacial score (nSPS) is 33.4. The van der Waals surface area contributed by atoms with E-state index in [1.54, 1.807) is 0 Å². The Hall–Kier alpha value is -0.0800. The quantitative estimate of drug-likeness (QED) is 0.676. The molecule has 3 aliphatic heterocycles. The van der Waals surface area contributed by atoms with E-state index in [0.29, 0.717) is 11.6 Å². The van der Waals surface area contributed by atoms with Crippen molar-refractivity contribution in [2.24, 2.45) is 0 Å². The van der Waals surface area contributed by atoms with Gasteiger partial charge in [0, 0.05) is 36.8 Å². The first-order valence-electron chi connectivity index (χ1n) is 6.92. The molecule has 3 fully saturated rings. The lowest BCUT2D eigenvalue weighted by atomic mass is 9.97. The van der Waals surface area contributed by atoms with Crippen LogP contribution in [-0.2, 0) is 0 Å². The van der Waals surface area contributed by atoms with Crippen molar-refractivity contribution in [3.63, 3.8) is 0 Å². The van der Waals surface area contributed by atoms with Crippen LogP contribution in [0.4, 0.5) is 0 Å². The zero-order valence-electron chi connectivity index (χ0n) is 11.7. The molecular formula is C14H28N2. The van der Waals surface area contributed by atoms with Gasteiger partial charge in [0.2, 0.25) is 0 Å². The molecule has 3 rings (SSSR count). The summed E-state index contributed by atoms with van der Waals surface area (Å²) < 4.78 is 0. The molecule has 16 heavy (non-hydrogen) atoms. The molecule has 0 aromatic rings. The molecule has 2 bridgehead atoms. The molecule has 0 aromatic heterocycles. The summed E-state index contributed by atoms with van der Waals surface area (Å²) >= 11 is 0. The zero-order valence-corrected chi connectivity index (χ0v) is 11.7. The highest BCUT2D eigenvalue weighted by molar-refractivity contribution is 4.97. The van der Waals surface area contributed by atoms with Crippen molar-refractivity contribution in [2.45, 2.75) is 77.5 Å². The average molecular weight is 224 g/mol. The number of fused-ring (bicyclic) bond motifs is 4. The van der Waals surface area contributed by atoms with Gasteiger partial charge in [0.15, 0.2) is 0 Å². The van der Waals surface area contributed by atoms with Crippen LogP contribution in [0.15, 0.2) is 0 Å². The summed E-state index contributed by atoms with van der Waals surface area (Å²) in [5.41, 5.74) is 0.344. The van der Waals surface area contributed by atoms with E-state index in [0.717, 1.165) is 12.1 Å². The summed E-state index contributed by atoms with van der Waals surface area (Å²) in [6.07, 6.45) is 4.23. The highest BCUT2D eigenvalue weighted by atomic mass is 15.3. The Balaban J connectivity index is 2.16. The summed E-state index contributed by atoms with van der Waals surface area (Å²) in [4.78, 5) is 5.49. The lowest BCUT2D eigenvalue weighted by Crippen LogP contribution is -2.62. The second kappa shape index (κ2) is 4.30. The molecule has 0 aliphatic carbocycles. The minimum absolute atomic E-state index is 0.344. The first kappa shape index (κ1) is 12.4. The van der Waals surface area contributed by atoms with Crippen LogP contribution >= 0.6 is 0 Å². The van der Waals surface area contributed by atoms with E-state index in [-0.39, 0.29) is 0 Å². The fourth-order valence-electron chi connectivity index (χ4n) is 3.52. The predicted octanol–water partition coefficient (Wildman–Crippen LogP) is 2.73. The molecule has 2 unspecified atom stereocenters. The maximum absolute atomic E-state index is 2.75. The lowest BCUT2D eigenvalue weighted by Gasteiger charge is -2.51. The fraction of sp³-hybridized carbons (Fsp3) is 1.00. The summed E-state index contributed by atoms with van der Waals surface area (Å²) in [6.45, 7) is 14.4. The SMILES string of the molecule is CC(C)N1CC2CCCC1CN2C(C)(C)C. The maximum Gasteiger partial charge on any atom is 0.0229 e. The van der Waals surface area contributed by atoms with E-state index in [2.05, 4.69) is 44.4 Å². The van der Waals surface area contributed by atoms with Crippen molar-refractivity contribution in [1.82, 2.24) is 9.80 Å². The molecule has 94 valence electrons. The Morgan fingerprint density at radius 1 is 1.00 bits per heavy atom. The average Bonchev–Trinajstić information content (AvgIpc) is 2.47. The molecule has 0 aromatic carbocycles. The van der Waals surface area contributed by atoms with E-state index in [1.165, 1.54) is 32.4 Å². The van der Waals surface area contributed by atoms with Crippen molar-refractivity contribution in [3.8, 4) is 0 Å². The van der Waals surface area contributed by atoms with Crippen LogP contribution in [-0.4, -0.2) is 46.6 Å². The molecule has 3 heterocycles. The number of hydrogen-bond donors (Lipinski definition) is 0. The van der Waals surface area contributed by atoms with Crippen molar-refractivity contribution in [3.05, 3.63) is 0 Å². The summed E-state index contributed by atoms with van der Waals surface area (Å²) in [7, 11) is 0. The van der Waals surface area contributed by atoms with E-state index < -0.39 is 0 Å². The minimum atomic E-state index is 0.344. The van der Waals surface area contributed by atoms with Gasteiger partial charge in [-0.3, -0.25) is 9.80 Å². The molecule has 3 saturated heterocycles. The van der Waals surface area contributed by atoms with Gasteiger partial charge in [-0.25, -0.2) is 0 Å². The Bertz CT molecular complexity index is 242. The van der Waals surface area contributed by atoms with Crippen LogP contribution < -0.4 is 0 Å². The smallest absolute Gasteiger partial charge is 0.0229 e. The second-order valence-electron chi connectivity index (χ2n) is 6.85. The monoisotopic (exact) mass is 224 g/mol. The lowest BCUT2D eigenvalue weighted by molar-refractivity contribution is -0.0234. The van der Waals surface area contributed by atoms with Gasteiger partial charge in [0.05, 0.1) is 0 Å². The van der Waals surface area contributed by atoms with Crippen LogP contribution in [0.5, 0.6) is 0 Å². The topological polar surface area (TPSA) is 6.48 Å². The second-order valence-corrected chi connectivity index (χ2v) is 6.85. The first-order valence-corrected chi connectivity index (χ1v) is 6.92. The third kappa shape index (κ3) is 2.28. The number of nitrogens with zero attached hydrogens (tertiary/aromatic N) is 2. The number of piperazine rings is 1. The van der Waals surface area contributed by atoms with Crippen LogP contribution in [0.3, 0.4) is 0 Å². The van der Waals surface area contributed by atoms with Crippen LogP contribution in [0.1, 0.15) is 53.9 Å². The van der Waals surface area contributed by atoms with Gasteiger partial charge in [-0.05, 0) is 47.5 Å². The fourth-order valence-corrected chi connectivity index (χ4v) is 3.52. The van der Waals surface area contributed by atoms with Gasteiger partial charge in [-0.15, -0.1) is 0 Å². The molecule has 0 N–H and O–H groups in total. The molecule has 2 heteroatoms. The van der Waals surface area contributed by atoms with E-state index in [9.17, 15) is 0 Å². The summed E-state index contributed by atoms with van der Waals surface area (Å²) in [5.74, 6) is 0. The van der Waals surface area contributed by atoms with Gasteiger partial charge < -0.3 is 0 Å². The van der Waals surface area contributed by atoms with Crippen molar-refractivity contribution < 1.29 is 0 Å². The van der Waals surface area contributed by atoms with Gasteiger partial charge >= 0.3 is 0 Å². The minimum Gasteiger partial charge on any atom is -0.295 e. The van der Waals surface area contributed by atoms with E-state index >= 15 is 0 Å². The largest absolute Gasteiger partial charge is 0.295 e. The Morgan fingerprint density at radius 2 is 1.62 bits per heavy atom. The highest BCUT2D eigenvalue weighted by Crippen LogP contribution is 2.33. The van der Waals surface area contributed by atoms with Crippen molar-refractivity contribution in [1.29, 1.82) is 0 Å². The van der Waals surface area contributed by atoms with Gasteiger partial charge in [0.1, 0.15) is 0 Å². The van der Waals surface area contributed by atoms with Crippen LogP contribution in [0.2, 0.25) is 0 Å². The predicted molar refractivity (Wildman–Crippen MR) is 69.7 cm³/mol. The third-order valence-corrected chi connectivity index (χ3v) is 4.34. The van der Waals surface area contributed by atoms with Gasteiger partial charge in [-0.2, -0.15) is 0 Å². The zero-order chi connectivity index (χ0) is 11.9. The maximum atomic E-state index is 2.75. The highest BCUT2D eigenvalue weighted by Gasteiger charge is 2.41.